The first kappa shape index (κ1) is 16.8. The van der Waals surface area contributed by atoms with E-state index in [1.165, 1.54) is 24.3 Å². The van der Waals surface area contributed by atoms with Crippen LogP contribution in [0.1, 0.15) is 22.8 Å². The number of rotatable bonds is 6. The highest BCUT2D eigenvalue weighted by Crippen LogP contribution is 2.28. The quantitative estimate of drug-likeness (QED) is 0.818. The van der Waals surface area contributed by atoms with Crippen LogP contribution in [-0.2, 0) is 6.54 Å². The average molecular weight is 317 g/mol. The van der Waals surface area contributed by atoms with Gasteiger partial charge in [0.25, 0.3) is 5.91 Å². The van der Waals surface area contributed by atoms with Gasteiger partial charge in [0.15, 0.2) is 11.5 Å². The highest BCUT2D eigenvalue weighted by Gasteiger charge is 2.15. The number of carbonyl (C=O) groups is 1. The molecule has 2 rings (SSSR count). The van der Waals surface area contributed by atoms with Crippen molar-refractivity contribution in [3.8, 4) is 11.5 Å². The van der Waals surface area contributed by atoms with Crippen LogP contribution in [0, 0.1) is 5.82 Å². The fourth-order valence-electron chi connectivity index (χ4n) is 2.30. The van der Waals surface area contributed by atoms with Gasteiger partial charge in [0, 0.05) is 18.7 Å². The number of hydrogen-bond acceptors (Lipinski definition) is 3. The lowest BCUT2D eigenvalue weighted by Crippen LogP contribution is -2.30. The molecule has 0 heterocycles. The third-order valence-electron chi connectivity index (χ3n) is 3.58. The van der Waals surface area contributed by atoms with Crippen LogP contribution in [0.3, 0.4) is 0 Å². The molecule has 2 aromatic carbocycles. The van der Waals surface area contributed by atoms with Crippen LogP contribution in [-0.4, -0.2) is 31.6 Å². The second-order valence-corrected chi connectivity index (χ2v) is 5.02. The van der Waals surface area contributed by atoms with E-state index in [0.29, 0.717) is 30.2 Å². The van der Waals surface area contributed by atoms with Crippen LogP contribution >= 0.6 is 0 Å². The second-order valence-electron chi connectivity index (χ2n) is 5.02. The maximum atomic E-state index is 13.0. The fourth-order valence-corrected chi connectivity index (χ4v) is 2.30. The molecule has 0 bridgehead atoms. The first-order chi connectivity index (χ1) is 11.1. The van der Waals surface area contributed by atoms with Crippen molar-refractivity contribution in [3.63, 3.8) is 0 Å². The van der Waals surface area contributed by atoms with Gasteiger partial charge in [0.2, 0.25) is 0 Å². The molecule has 0 aromatic heterocycles. The van der Waals surface area contributed by atoms with Crippen molar-refractivity contribution in [1.82, 2.24) is 4.90 Å². The Hall–Kier alpha value is -2.56. The lowest BCUT2D eigenvalue weighted by Gasteiger charge is -2.21. The molecule has 0 N–H and O–H groups in total. The number of amides is 1. The molecule has 0 saturated heterocycles. The average Bonchev–Trinajstić information content (AvgIpc) is 2.59. The van der Waals surface area contributed by atoms with E-state index >= 15 is 0 Å². The molecule has 0 unspecified atom stereocenters. The van der Waals surface area contributed by atoms with Crippen molar-refractivity contribution in [2.24, 2.45) is 0 Å². The van der Waals surface area contributed by atoms with Gasteiger partial charge < -0.3 is 14.4 Å². The number of carbonyl (C=O) groups excluding carboxylic acids is 1. The Labute approximate surface area is 135 Å². The lowest BCUT2D eigenvalue weighted by atomic mass is 10.1. The molecule has 5 heteroatoms. The van der Waals surface area contributed by atoms with Gasteiger partial charge in [-0.25, -0.2) is 4.39 Å². The molecule has 0 aliphatic heterocycles. The van der Waals surface area contributed by atoms with Crippen molar-refractivity contribution in [1.29, 1.82) is 0 Å². The van der Waals surface area contributed by atoms with Gasteiger partial charge in [-0.15, -0.1) is 0 Å². The van der Waals surface area contributed by atoms with Crippen molar-refractivity contribution < 1.29 is 18.7 Å². The van der Waals surface area contributed by atoms with Crippen LogP contribution < -0.4 is 9.47 Å². The molecule has 122 valence electrons. The Balaban J connectivity index is 2.18. The molecule has 0 radical (unpaired) electrons. The molecule has 1 amide bonds. The van der Waals surface area contributed by atoms with Crippen molar-refractivity contribution in [3.05, 3.63) is 59.4 Å². The molecule has 0 aliphatic carbocycles. The Kier molecular flexibility index (Phi) is 5.57. The smallest absolute Gasteiger partial charge is 0.254 e. The zero-order chi connectivity index (χ0) is 16.8. The zero-order valence-corrected chi connectivity index (χ0v) is 13.5. The van der Waals surface area contributed by atoms with E-state index < -0.39 is 0 Å². The minimum absolute atomic E-state index is 0.137. The summed E-state index contributed by atoms with van der Waals surface area (Å²) in [5.41, 5.74) is 1.40. The number of methoxy groups -OCH3 is 2. The van der Waals surface area contributed by atoms with E-state index in [-0.39, 0.29) is 11.7 Å². The third kappa shape index (κ3) is 4.00. The summed E-state index contributed by atoms with van der Waals surface area (Å²) in [6.45, 7) is 2.89. The molecule has 0 aliphatic rings. The summed E-state index contributed by atoms with van der Waals surface area (Å²) in [5.74, 6) is 0.770. The van der Waals surface area contributed by atoms with E-state index in [9.17, 15) is 9.18 Å². The molecule has 23 heavy (non-hydrogen) atoms. The predicted octanol–water partition coefficient (Wildman–Crippen LogP) is 3.51. The molecule has 0 atom stereocenters. The molecular formula is C18H20FNO3. The van der Waals surface area contributed by atoms with Crippen molar-refractivity contribution >= 4 is 5.91 Å². The molecular weight excluding hydrogens is 297 g/mol. The first-order valence-electron chi connectivity index (χ1n) is 7.34. The van der Waals surface area contributed by atoms with Gasteiger partial charge in [-0.1, -0.05) is 6.07 Å². The van der Waals surface area contributed by atoms with Crippen LogP contribution in [0.25, 0.3) is 0 Å². The summed E-state index contributed by atoms with van der Waals surface area (Å²) in [7, 11) is 3.15. The molecule has 0 fully saturated rings. The van der Waals surface area contributed by atoms with Crippen LogP contribution in [0.15, 0.2) is 42.5 Å². The minimum Gasteiger partial charge on any atom is -0.493 e. The first-order valence-corrected chi connectivity index (χ1v) is 7.34. The van der Waals surface area contributed by atoms with E-state index in [1.54, 1.807) is 19.1 Å². The maximum Gasteiger partial charge on any atom is 0.254 e. The monoisotopic (exact) mass is 317 g/mol. The SMILES string of the molecule is CCN(Cc1ccc(OC)c(OC)c1)C(=O)c1ccc(F)cc1. The van der Waals surface area contributed by atoms with E-state index in [0.717, 1.165) is 5.56 Å². The molecule has 4 nitrogen and oxygen atoms in total. The van der Waals surface area contributed by atoms with Crippen molar-refractivity contribution in [2.75, 3.05) is 20.8 Å². The van der Waals surface area contributed by atoms with E-state index in [2.05, 4.69) is 0 Å². The van der Waals surface area contributed by atoms with Crippen molar-refractivity contribution in [2.45, 2.75) is 13.5 Å². The zero-order valence-electron chi connectivity index (χ0n) is 13.5. The summed E-state index contributed by atoms with van der Waals surface area (Å²) < 4.78 is 23.5. The van der Waals surface area contributed by atoms with Gasteiger partial charge in [-0.3, -0.25) is 4.79 Å². The maximum absolute atomic E-state index is 13.0. The predicted molar refractivity (Wildman–Crippen MR) is 86.4 cm³/mol. The number of nitrogens with zero attached hydrogens (tertiary/aromatic N) is 1. The molecule has 0 saturated carbocycles. The number of ether oxygens (including phenoxy) is 2. The summed E-state index contributed by atoms with van der Waals surface area (Å²) in [5, 5.41) is 0. The standard InChI is InChI=1S/C18H20FNO3/c1-4-20(18(21)14-6-8-15(19)9-7-14)12-13-5-10-16(22-2)17(11-13)23-3/h5-11H,4,12H2,1-3H3. The van der Waals surface area contributed by atoms with Gasteiger partial charge in [0.05, 0.1) is 14.2 Å². The summed E-state index contributed by atoms with van der Waals surface area (Å²) in [4.78, 5) is 14.2. The molecule has 2 aromatic rings. The largest absolute Gasteiger partial charge is 0.493 e. The van der Waals surface area contributed by atoms with Crippen LogP contribution in [0.4, 0.5) is 4.39 Å². The summed E-state index contributed by atoms with van der Waals surface area (Å²) in [6.07, 6.45) is 0. The van der Waals surface area contributed by atoms with Gasteiger partial charge >= 0.3 is 0 Å². The minimum atomic E-state index is -0.357. The van der Waals surface area contributed by atoms with Gasteiger partial charge in [-0.2, -0.15) is 0 Å². The Bertz CT molecular complexity index is 670. The number of halogens is 1. The molecule has 0 spiro atoms. The normalized spacial score (nSPS) is 10.3. The van der Waals surface area contributed by atoms with Crippen LogP contribution in [0.5, 0.6) is 11.5 Å². The third-order valence-corrected chi connectivity index (χ3v) is 3.58. The Morgan fingerprint density at radius 2 is 1.70 bits per heavy atom. The summed E-state index contributed by atoms with van der Waals surface area (Å²) in [6, 6.07) is 11.1. The Morgan fingerprint density at radius 1 is 1.04 bits per heavy atom. The van der Waals surface area contributed by atoms with Crippen LogP contribution in [0.2, 0.25) is 0 Å². The number of benzene rings is 2. The van der Waals surface area contributed by atoms with Gasteiger partial charge in [-0.05, 0) is 48.9 Å². The van der Waals surface area contributed by atoms with E-state index in [4.69, 9.17) is 9.47 Å². The van der Waals surface area contributed by atoms with E-state index in [1.807, 2.05) is 25.1 Å². The van der Waals surface area contributed by atoms with Gasteiger partial charge in [0.1, 0.15) is 5.82 Å². The summed E-state index contributed by atoms with van der Waals surface area (Å²) >= 11 is 0. The lowest BCUT2D eigenvalue weighted by molar-refractivity contribution is 0.0752. The topological polar surface area (TPSA) is 38.8 Å². The highest BCUT2D eigenvalue weighted by atomic mass is 19.1. The number of hydrogen-bond donors (Lipinski definition) is 0. The fraction of sp³-hybridized carbons (Fsp3) is 0.278. The Morgan fingerprint density at radius 3 is 2.26 bits per heavy atom. The second kappa shape index (κ2) is 7.63. The highest BCUT2D eigenvalue weighted by molar-refractivity contribution is 5.94.